The summed E-state index contributed by atoms with van der Waals surface area (Å²) in [6, 6.07) is 15.6. The van der Waals surface area contributed by atoms with E-state index in [0.717, 1.165) is 18.7 Å². The third-order valence-electron chi connectivity index (χ3n) is 3.44. The molecule has 0 aliphatic carbocycles. The quantitative estimate of drug-likeness (QED) is 0.799. The summed E-state index contributed by atoms with van der Waals surface area (Å²) < 4.78 is 9.89. The second-order valence-corrected chi connectivity index (χ2v) is 4.99. The van der Waals surface area contributed by atoms with Gasteiger partial charge in [-0.2, -0.15) is 0 Å². The molecular weight excluding hydrogens is 278 g/mol. The Balaban J connectivity index is 1.90. The van der Waals surface area contributed by atoms with Gasteiger partial charge in [0.05, 0.1) is 19.3 Å². The van der Waals surface area contributed by atoms with Crippen LogP contribution in [-0.2, 0) is 29.2 Å². The molecule has 4 nitrogen and oxygen atoms in total. The number of benzene rings is 2. The summed E-state index contributed by atoms with van der Waals surface area (Å²) >= 11 is 0. The lowest BCUT2D eigenvalue weighted by Crippen LogP contribution is -2.14. The molecule has 4 heteroatoms. The number of nitrogens with one attached hydrogen (secondary N) is 1. The van der Waals surface area contributed by atoms with E-state index in [1.165, 1.54) is 18.2 Å². The summed E-state index contributed by atoms with van der Waals surface area (Å²) in [5, 5.41) is 3.41. The Morgan fingerprint density at radius 3 is 2.27 bits per heavy atom. The van der Waals surface area contributed by atoms with Crippen molar-refractivity contribution >= 4 is 5.97 Å². The number of hydrogen-bond donors (Lipinski definition) is 1. The molecule has 0 spiro atoms. The molecule has 2 aromatic rings. The average molecular weight is 299 g/mol. The highest BCUT2D eigenvalue weighted by atomic mass is 16.5. The van der Waals surface area contributed by atoms with Crippen molar-refractivity contribution in [2.45, 2.75) is 19.7 Å². The molecule has 0 saturated carbocycles. The monoisotopic (exact) mass is 299 g/mol. The molecule has 0 unspecified atom stereocenters. The van der Waals surface area contributed by atoms with Gasteiger partial charge in [-0.15, -0.1) is 0 Å². The minimum absolute atomic E-state index is 0.312. The van der Waals surface area contributed by atoms with E-state index in [-0.39, 0.29) is 5.97 Å². The molecule has 0 aliphatic heterocycles. The van der Waals surface area contributed by atoms with Gasteiger partial charge in [-0.3, -0.25) is 0 Å². The molecule has 22 heavy (non-hydrogen) atoms. The highest BCUT2D eigenvalue weighted by Gasteiger charge is 2.04. The number of esters is 1. The molecule has 0 aliphatic rings. The van der Waals surface area contributed by atoms with E-state index < -0.39 is 0 Å². The minimum atomic E-state index is -0.312. The molecule has 0 atom stereocenters. The zero-order valence-corrected chi connectivity index (χ0v) is 13.0. The van der Waals surface area contributed by atoms with Crippen LogP contribution in [-0.4, -0.2) is 20.2 Å². The van der Waals surface area contributed by atoms with Gasteiger partial charge in [0.15, 0.2) is 0 Å². The maximum Gasteiger partial charge on any atom is 0.337 e. The van der Waals surface area contributed by atoms with Crippen molar-refractivity contribution in [3.05, 3.63) is 70.8 Å². The highest BCUT2D eigenvalue weighted by Crippen LogP contribution is 2.10. The molecule has 0 bridgehead atoms. The maximum absolute atomic E-state index is 11.4. The summed E-state index contributed by atoms with van der Waals surface area (Å²) in [6.45, 7) is 2.13. The average Bonchev–Trinajstić information content (AvgIpc) is 2.56. The van der Waals surface area contributed by atoms with E-state index in [0.29, 0.717) is 12.2 Å². The van der Waals surface area contributed by atoms with Crippen molar-refractivity contribution in [1.29, 1.82) is 0 Å². The first-order valence-corrected chi connectivity index (χ1v) is 7.18. The molecule has 2 rings (SSSR count). The van der Waals surface area contributed by atoms with Gasteiger partial charge in [0.2, 0.25) is 0 Å². The third kappa shape index (κ3) is 4.41. The molecule has 2 aromatic carbocycles. The zero-order chi connectivity index (χ0) is 15.8. The van der Waals surface area contributed by atoms with Gasteiger partial charge in [-0.1, -0.05) is 36.4 Å². The number of carbonyl (C=O) groups excluding carboxylic acids is 1. The number of carbonyl (C=O) groups is 1. The Morgan fingerprint density at radius 2 is 1.64 bits per heavy atom. The Kier molecular flexibility index (Phi) is 6.13. The number of methoxy groups -OCH3 is 2. The molecule has 0 heterocycles. The summed E-state index contributed by atoms with van der Waals surface area (Å²) in [5.41, 5.74) is 4.11. The lowest BCUT2D eigenvalue weighted by molar-refractivity contribution is 0.0600. The van der Waals surface area contributed by atoms with Gasteiger partial charge in [0.25, 0.3) is 0 Å². The van der Waals surface area contributed by atoms with E-state index in [1.54, 1.807) is 19.2 Å². The zero-order valence-electron chi connectivity index (χ0n) is 13.0. The second-order valence-electron chi connectivity index (χ2n) is 4.99. The number of hydrogen-bond acceptors (Lipinski definition) is 4. The predicted octanol–water partition coefficient (Wildman–Crippen LogP) is 2.91. The summed E-state index contributed by atoms with van der Waals surface area (Å²) in [5.74, 6) is -0.312. The first kappa shape index (κ1) is 16.2. The van der Waals surface area contributed by atoms with Crippen molar-refractivity contribution in [3.8, 4) is 0 Å². The molecule has 0 aromatic heterocycles. The third-order valence-corrected chi connectivity index (χ3v) is 3.44. The first-order chi connectivity index (χ1) is 10.7. The molecule has 116 valence electrons. The van der Waals surface area contributed by atoms with Crippen LogP contribution < -0.4 is 5.32 Å². The first-order valence-electron chi connectivity index (χ1n) is 7.18. The normalized spacial score (nSPS) is 10.5. The van der Waals surface area contributed by atoms with Gasteiger partial charge < -0.3 is 14.8 Å². The van der Waals surface area contributed by atoms with Crippen LogP contribution in [0.25, 0.3) is 0 Å². The van der Waals surface area contributed by atoms with E-state index in [1.807, 2.05) is 24.3 Å². The van der Waals surface area contributed by atoms with Crippen molar-refractivity contribution in [1.82, 2.24) is 5.32 Å². The van der Waals surface area contributed by atoms with Crippen LogP contribution in [0.5, 0.6) is 0 Å². The molecule has 1 N–H and O–H groups in total. The second kappa shape index (κ2) is 8.32. The molecule has 0 radical (unpaired) electrons. The number of rotatable bonds is 7. The Labute approximate surface area is 131 Å². The van der Waals surface area contributed by atoms with Crippen LogP contribution in [0, 0.1) is 0 Å². The Bertz CT molecular complexity index is 608. The van der Waals surface area contributed by atoms with Gasteiger partial charge in [-0.05, 0) is 28.8 Å². The van der Waals surface area contributed by atoms with Crippen LogP contribution in [0.4, 0.5) is 0 Å². The van der Waals surface area contributed by atoms with Crippen molar-refractivity contribution in [2.75, 3.05) is 14.2 Å². The lowest BCUT2D eigenvalue weighted by atomic mass is 10.1. The summed E-state index contributed by atoms with van der Waals surface area (Å²) in [7, 11) is 3.09. The van der Waals surface area contributed by atoms with Gasteiger partial charge in [-0.25, -0.2) is 4.79 Å². The van der Waals surface area contributed by atoms with Gasteiger partial charge >= 0.3 is 5.97 Å². The van der Waals surface area contributed by atoms with Crippen LogP contribution in [0.3, 0.4) is 0 Å². The molecular formula is C18H21NO3. The van der Waals surface area contributed by atoms with Gasteiger partial charge in [0, 0.05) is 20.2 Å². The molecule has 0 amide bonds. The van der Waals surface area contributed by atoms with E-state index >= 15 is 0 Å². The van der Waals surface area contributed by atoms with Crippen LogP contribution in [0.15, 0.2) is 48.5 Å². The SMILES string of the molecule is COCc1ccccc1CNCc1ccc(C(=O)OC)cc1. The summed E-state index contributed by atoms with van der Waals surface area (Å²) in [4.78, 5) is 11.4. The Morgan fingerprint density at radius 1 is 0.955 bits per heavy atom. The molecule has 0 saturated heterocycles. The maximum atomic E-state index is 11.4. The topological polar surface area (TPSA) is 47.6 Å². The van der Waals surface area contributed by atoms with Crippen molar-refractivity contribution in [2.24, 2.45) is 0 Å². The predicted molar refractivity (Wildman–Crippen MR) is 85.5 cm³/mol. The van der Waals surface area contributed by atoms with Crippen LogP contribution >= 0.6 is 0 Å². The van der Waals surface area contributed by atoms with Gasteiger partial charge in [0.1, 0.15) is 0 Å². The van der Waals surface area contributed by atoms with E-state index in [2.05, 4.69) is 22.2 Å². The standard InChI is InChI=1S/C18H21NO3/c1-21-13-17-6-4-3-5-16(17)12-19-11-14-7-9-15(10-8-14)18(20)22-2/h3-10,19H,11-13H2,1-2H3. The largest absolute Gasteiger partial charge is 0.465 e. The van der Waals surface area contributed by atoms with Crippen LogP contribution in [0.1, 0.15) is 27.0 Å². The minimum Gasteiger partial charge on any atom is -0.465 e. The van der Waals surface area contributed by atoms with Crippen molar-refractivity contribution < 1.29 is 14.3 Å². The van der Waals surface area contributed by atoms with E-state index in [9.17, 15) is 4.79 Å². The fourth-order valence-electron chi connectivity index (χ4n) is 2.24. The fourth-order valence-corrected chi connectivity index (χ4v) is 2.24. The number of ether oxygens (including phenoxy) is 2. The fraction of sp³-hybridized carbons (Fsp3) is 0.278. The molecule has 0 fully saturated rings. The summed E-state index contributed by atoms with van der Waals surface area (Å²) in [6.07, 6.45) is 0. The highest BCUT2D eigenvalue weighted by molar-refractivity contribution is 5.89. The van der Waals surface area contributed by atoms with Crippen LogP contribution in [0.2, 0.25) is 0 Å². The Hall–Kier alpha value is -2.17. The lowest BCUT2D eigenvalue weighted by Gasteiger charge is -2.10. The van der Waals surface area contributed by atoms with E-state index in [4.69, 9.17) is 4.74 Å². The van der Waals surface area contributed by atoms with Crippen molar-refractivity contribution in [3.63, 3.8) is 0 Å². The smallest absolute Gasteiger partial charge is 0.337 e.